The Balaban J connectivity index is 0.00000157. The van der Waals surface area contributed by atoms with E-state index < -0.39 is 0 Å². The summed E-state index contributed by atoms with van der Waals surface area (Å²) in [6, 6.07) is 10.5. The third-order valence-electron chi connectivity index (χ3n) is 5.16. The van der Waals surface area contributed by atoms with E-state index in [1.54, 1.807) is 23.5 Å². The molecule has 0 bridgehead atoms. The quantitative estimate of drug-likeness (QED) is 0.470. The number of halogens is 1. The SMILES string of the molecule is Br.Oc1cc2c(cc1O)[C@@H]1c3cc(-c4cccs4)sc3CN[C@H]1CC2. The molecule has 1 aliphatic carbocycles. The number of phenols is 2. The summed E-state index contributed by atoms with van der Waals surface area (Å²) < 4.78 is 0. The van der Waals surface area contributed by atoms with Gasteiger partial charge in [0.1, 0.15) is 0 Å². The van der Waals surface area contributed by atoms with Crippen molar-refractivity contribution in [2.75, 3.05) is 0 Å². The highest BCUT2D eigenvalue weighted by molar-refractivity contribution is 8.93. The first-order valence-corrected chi connectivity index (χ1v) is 9.85. The molecule has 3 nitrogen and oxygen atoms in total. The molecule has 2 atom stereocenters. The second kappa shape index (κ2) is 6.43. The summed E-state index contributed by atoms with van der Waals surface area (Å²) in [5.41, 5.74) is 3.70. The standard InChI is InChI=1S/C19H17NO2S2.BrH/c21-14-6-10-3-4-13-19(11(10)7-15(14)22)12-8-17(16-2-1-5-23-16)24-18(12)9-20-13;/h1-2,5-8,13,19-22H,3-4,9H2;1H/t13-,19+;/m0./s1. The summed E-state index contributed by atoms with van der Waals surface area (Å²) in [5, 5.41) is 25.6. The molecule has 0 saturated carbocycles. The van der Waals surface area contributed by atoms with E-state index in [0.717, 1.165) is 30.5 Å². The van der Waals surface area contributed by atoms with E-state index in [0.29, 0.717) is 6.04 Å². The third-order valence-corrected chi connectivity index (χ3v) is 7.38. The minimum Gasteiger partial charge on any atom is -0.504 e. The summed E-state index contributed by atoms with van der Waals surface area (Å²) in [5.74, 6) is 0.227. The molecule has 0 saturated heterocycles. The zero-order chi connectivity index (χ0) is 16.3. The molecular formula is C19H18BrNO2S2. The minimum atomic E-state index is -0.0183. The van der Waals surface area contributed by atoms with Gasteiger partial charge < -0.3 is 15.5 Å². The predicted octanol–water partition coefficient (Wildman–Crippen LogP) is 5.02. The van der Waals surface area contributed by atoms with Crippen molar-refractivity contribution in [3.05, 3.63) is 57.3 Å². The zero-order valence-corrected chi connectivity index (χ0v) is 16.7. The lowest BCUT2D eigenvalue weighted by molar-refractivity contribution is 0.382. The fraction of sp³-hybridized carbons (Fsp3) is 0.263. The van der Waals surface area contributed by atoms with Crippen LogP contribution in [0, 0.1) is 0 Å². The van der Waals surface area contributed by atoms with E-state index in [1.165, 1.54) is 20.2 Å². The number of nitrogens with one attached hydrogen (secondary N) is 1. The maximum atomic E-state index is 10.0. The predicted molar refractivity (Wildman–Crippen MR) is 109 cm³/mol. The number of rotatable bonds is 1. The lowest BCUT2D eigenvalue weighted by atomic mass is 9.74. The minimum absolute atomic E-state index is 0. The topological polar surface area (TPSA) is 52.5 Å². The van der Waals surface area contributed by atoms with Crippen molar-refractivity contribution < 1.29 is 10.2 Å². The molecule has 6 heteroatoms. The first-order valence-electron chi connectivity index (χ1n) is 8.15. The van der Waals surface area contributed by atoms with Gasteiger partial charge in [0.05, 0.1) is 0 Å². The monoisotopic (exact) mass is 435 g/mol. The number of thiophene rings is 2. The van der Waals surface area contributed by atoms with Gasteiger partial charge in [-0.2, -0.15) is 0 Å². The Morgan fingerprint density at radius 3 is 2.68 bits per heavy atom. The van der Waals surface area contributed by atoms with Crippen molar-refractivity contribution in [1.29, 1.82) is 0 Å². The normalized spacial score (nSPS) is 21.0. The number of benzene rings is 1. The van der Waals surface area contributed by atoms with Crippen LogP contribution in [0.15, 0.2) is 35.7 Å². The van der Waals surface area contributed by atoms with Crippen LogP contribution in [0.5, 0.6) is 11.5 Å². The van der Waals surface area contributed by atoms with Gasteiger partial charge in [0.15, 0.2) is 11.5 Å². The van der Waals surface area contributed by atoms with Crippen LogP contribution in [0.3, 0.4) is 0 Å². The number of hydrogen-bond donors (Lipinski definition) is 3. The van der Waals surface area contributed by atoms with Crippen molar-refractivity contribution in [3.63, 3.8) is 0 Å². The van der Waals surface area contributed by atoms with Crippen LogP contribution in [0.25, 0.3) is 9.75 Å². The lowest BCUT2D eigenvalue weighted by Crippen LogP contribution is -2.41. The van der Waals surface area contributed by atoms with Gasteiger partial charge in [0, 0.05) is 33.1 Å². The van der Waals surface area contributed by atoms with Gasteiger partial charge in [-0.3, -0.25) is 0 Å². The fourth-order valence-electron chi connectivity index (χ4n) is 4.05. The van der Waals surface area contributed by atoms with Crippen molar-refractivity contribution in [2.24, 2.45) is 0 Å². The molecule has 5 rings (SSSR count). The maximum absolute atomic E-state index is 10.0. The van der Waals surface area contributed by atoms with Crippen LogP contribution >= 0.6 is 39.7 Å². The molecule has 2 aliphatic rings. The molecule has 0 unspecified atom stereocenters. The Kier molecular flexibility index (Phi) is 4.40. The van der Waals surface area contributed by atoms with E-state index in [4.69, 9.17) is 0 Å². The molecule has 25 heavy (non-hydrogen) atoms. The van der Waals surface area contributed by atoms with E-state index in [2.05, 4.69) is 28.9 Å². The van der Waals surface area contributed by atoms with Gasteiger partial charge in [-0.05, 0) is 59.2 Å². The lowest BCUT2D eigenvalue weighted by Gasteiger charge is -2.38. The van der Waals surface area contributed by atoms with E-state index in [-0.39, 0.29) is 34.4 Å². The molecular weight excluding hydrogens is 418 g/mol. The average Bonchev–Trinajstić information content (AvgIpc) is 3.24. The fourth-order valence-corrected chi connectivity index (χ4v) is 6.03. The molecule has 3 heterocycles. The van der Waals surface area contributed by atoms with Crippen LogP contribution in [0.2, 0.25) is 0 Å². The van der Waals surface area contributed by atoms with Crippen LogP contribution in [0.4, 0.5) is 0 Å². The highest BCUT2D eigenvalue weighted by atomic mass is 79.9. The second-order valence-electron chi connectivity index (χ2n) is 6.51. The number of fused-ring (bicyclic) bond motifs is 5. The average molecular weight is 436 g/mol. The van der Waals surface area contributed by atoms with Crippen LogP contribution in [-0.4, -0.2) is 16.3 Å². The Morgan fingerprint density at radius 2 is 1.88 bits per heavy atom. The van der Waals surface area contributed by atoms with Crippen molar-refractivity contribution in [3.8, 4) is 21.3 Å². The van der Waals surface area contributed by atoms with E-state index >= 15 is 0 Å². The van der Waals surface area contributed by atoms with E-state index in [9.17, 15) is 10.2 Å². The Morgan fingerprint density at radius 1 is 1.04 bits per heavy atom. The maximum Gasteiger partial charge on any atom is 0.157 e. The molecule has 0 radical (unpaired) electrons. The van der Waals surface area contributed by atoms with Crippen molar-refractivity contribution >= 4 is 39.7 Å². The van der Waals surface area contributed by atoms with Gasteiger partial charge in [-0.25, -0.2) is 0 Å². The Labute approximate surface area is 164 Å². The molecule has 2 aromatic heterocycles. The number of aromatic hydroxyl groups is 2. The molecule has 0 fully saturated rings. The second-order valence-corrected chi connectivity index (χ2v) is 8.59. The summed E-state index contributed by atoms with van der Waals surface area (Å²) in [7, 11) is 0. The van der Waals surface area contributed by atoms with Gasteiger partial charge in [-0.1, -0.05) is 6.07 Å². The van der Waals surface area contributed by atoms with E-state index in [1.807, 2.05) is 11.3 Å². The molecule has 130 valence electrons. The largest absolute Gasteiger partial charge is 0.504 e. The molecule has 1 aliphatic heterocycles. The third kappa shape index (κ3) is 2.72. The van der Waals surface area contributed by atoms with Crippen LogP contribution < -0.4 is 5.32 Å². The molecule has 3 N–H and O–H groups in total. The summed E-state index contributed by atoms with van der Waals surface area (Å²) in [4.78, 5) is 4.03. The van der Waals surface area contributed by atoms with Gasteiger partial charge in [0.2, 0.25) is 0 Å². The molecule has 0 spiro atoms. The van der Waals surface area contributed by atoms with Crippen LogP contribution in [-0.2, 0) is 13.0 Å². The smallest absolute Gasteiger partial charge is 0.157 e. The summed E-state index contributed by atoms with van der Waals surface area (Å²) in [6.07, 6.45) is 2.00. The summed E-state index contributed by atoms with van der Waals surface area (Å²) in [6.45, 7) is 0.923. The number of phenolic OH excluding ortho intramolecular Hbond substituents is 2. The van der Waals surface area contributed by atoms with Crippen molar-refractivity contribution in [2.45, 2.75) is 31.3 Å². The molecule has 1 aromatic carbocycles. The molecule has 3 aromatic rings. The highest BCUT2D eigenvalue weighted by Crippen LogP contribution is 2.47. The summed E-state index contributed by atoms with van der Waals surface area (Å²) >= 11 is 3.64. The Bertz CT molecular complexity index is 920. The molecule has 0 amide bonds. The van der Waals surface area contributed by atoms with Crippen molar-refractivity contribution in [1.82, 2.24) is 5.32 Å². The number of aryl methyl sites for hydroxylation is 1. The highest BCUT2D eigenvalue weighted by Gasteiger charge is 2.36. The van der Waals surface area contributed by atoms with Crippen LogP contribution in [0.1, 0.15) is 33.9 Å². The number of hydrogen-bond acceptors (Lipinski definition) is 5. The van der Waals surface area contributed by atoms with Gasteiger partial charge >= 0.3 is 0 Å². The Hall–Kier alpha value is -1.34. The first-order chi connectivity index (χ1) is 11.7. The zero-order valence-electron chi connectivity index (χ0n) is 13.4. The first kappa shape index (κ1) is 17.1. The van der Waals surface area contributed by atoms with Gasteiger partial charge in [0.25, 0.3) is 0 Å². The van der Waals surface area contributed by atoms with Gasteiger partial charge in [-0.15, -0.1) is 39.7 Å².